The molecule has 132 valence electrons. The summed E-state index contributed by atoms with van der Waals surface area (Å²) in [6.07, 6.45) is 0.447. The molecule has 7 heteroatoms. The molecule has 1 N–H and O–H groups in total. The first-order chi connectivity index (χ1) is 12.0. The number of carboxylic acid groups (broad SMARTS) is 1. The van der Waals surface area contributed by atoms with Gasteiger partial charge in [0.05, 0.1) is 18.0 Å². The number of hydrogen-bond acceptors (Lipinski definition) is 6. The lowest BCUT2D eigenvalue weighted by molar-refractivity contribution is -0.136. The number of nitrogens with zero attached hydrogens (tertiary/aromatic N) is 2. The quantitative estimate of drug-likeness (QED) is 0.458. The molecule has 2 aromatic rings. The monoisotopic (exact) mass is 360 g/mol. The Balaban J connectivity index is 2.55. The predicted molar refractivity (Wildman–Crippen MR) is 95.7 cm³/mol. The van der Waals surface area contributed by atoms with E-state index in [2.05, 4.69) is 9.97 Å². The summed E-state index contributed by atoms with van der Waals surface area (Å²) in [6.45, 7) is 5.48. The maximum atomic E-state index is 12.4. The highest BCUT2D eigenvalue weighted by molar-refractivity contribution is 8.00. The zero-order chi connectivity index (χ0) is 18.4. The van der Waals surface area contributed by atoms with E-state index in [4.69, 9.17) is 4.74 Å². The maximum absolute atomic E-state index is 12.4. The number of esters is 1. The third kappa shape index (κ3) is 4.57. The first-order valence-corrected chi connectivity index (χ1v) is 8.86. The fourth-order valence-electron chi connectivity index (χ4n) is 2.29. The highest BCUT2D eigenvalue weighted by Gasteiger charge is 2.24. The summed E-state index contributed by atoms with van der Waals surface area (Å²) < 4.78 is 5.13. The third-order valence-electron chi connectivity index (χ3n) is 3.49. The van der Waals surface area contributed by atoms with Gasteiger partial charge in [0.25, 0.3) is 0 Å². The van der Waals surface area contributed by atoms with Crippen molar-refractivity contribution in [3.05, 3.63) is 41.6 Å². The minimum atomic E-state index is -0.913. The van der Waals surface area contributed by atoms with E-state index in [1.165, 1.54) is 0 Å². The molecule has 0 saturated carbocycles. The molecule has 1 aromatic heterocycles. The summed E-state index contributed by atoms with van der Waals surface area (Å²) in [6, 6.07) is 9.25. The number of aliphatic carboxylic acids is 1. The van der Waals surface area contributed by atoms with Gasteiger partial charge >= 0.3 is 11.9 Å². The Bertz CT molecular complexity index is 765. The molecule has 0 bridgehead atoms. The minimum Gasteiger partial charge on any atom is -0.480 e. The number of benzene rings is 1. The van der Waals surface area contributed by atoms with Crippen LogP contribution in [-0.4, -0.2) is 38.9 Å². The number of carbonyl (C=O) groups is 2. The van der Waals surface area contributed by atoms with Crippen LogP contribution < -0.4 is 0 Å². The molecule has 1 unspecified atom stereocenters. The maximum Gasteiger partial charge on any atom is 0.342 e. The molecular formula is C18H20N2O4S. The Morgan fingerprint density at radius 3 is 2.44 bits per heavy atom. The normalized spacial score (nSPS) is 11.8. The fraction of sp³-hybridized carbons (Fsp3) is 0.333. The van der Waals surface area contributed by atoms with Crippen molar-refractivity contribution in [2.75, 3.05) is 6.61 Å². The Morgan fingerprint density at radius 1 is 1.20 bits per heavy atom. The van der Waals surface area contributed by atoms with Crippen molar-refractivity contribution in [2.24, 2.45) is 0 Å². The zero-order valence-electron chi connectivity index (χ0n) is 14.4. The van der Waals surface area contributed by atoms with Crippen LogP contribution in [0, 0.1) is 6.92 Å². The molecule has 25 heavy (non-hydrogen) atoms. The summed E-state index contributed by atoms with van der Waals surface area (Å²) in [7, 11) is 0. The fourth-order valence-corrected chi connectivity index (χ4v) is 3.14. The van der Waals surface area contributed by atoms with Gasteiger partial charge in [-0.1, -0.05) is 49.0 Å². The van der Waals surface area contributed by atoms with E-state index < -0.39 is 17.2 Å². The van der Waals surface area contributed by atoms with Gasteiger partial charge in [0.15, 0.2) is 5.16 Å². The number of carbonyl (C=O) groups excluding carboxylic acids is 1. The number of thioether (sulfide) groups is 1. The topological polar surface area (TPSA) is 89.4 Å². The molecule has 6 nitrogen and oxygen atoms in total. The number of rotatable bonds is 7. The molecule has 0 aliphatic rings. The second-order valence-electron chi connectivity index (χ2n) is 5.25. The average Bonchev–Trinajstić information content (AvgIpc) is 2.59. The number of hydrogen-bond donors (Lipinski definition) is 1. The second kappa shape index (κ2) is 8.62. The molecule has 0 saturated heterocycles. The predicted octanol–water partition coefficient (Wildman–Crippen LogP) is 3.58. The Morgan fingerprint density at radius 2 is 1.88 bits per heavy atom. The molecule has 0 radical (unpaired) electrons. The van der Waals surface area contributed by atoms with E-state index in [1.807, 2.05) is 30.3 Å². The summed E-state index contributed by atoms with van der Waals surface area (Å²) >= 11 is 1.08. The molecule has 0 fully saturated rings. The Hall–Kier alpha value is -2.41. The minimum absolute atomic E-state index is 0.250. The van der Waals surface area contributed by atoms with E-state index >= 15 is 0 Å². The van der Waals surface area contributed by atoms with Gasteiger partial charge in [-0.3, -0.25) is 4.79 Å². The molecule has 1 heterocycles. The van der Waals surface area contributed by atoms with E-state index in [0.29, 0.717) is 28.5 Å². The van der Waals surface area contributed by atoms with Crippen LogP contribution in [0.25, 0.3) is 11.3 Å². The number of ether oxygens (including phenoxy) is 1. The van der Waals surface area contributed by atoms with Gasteiger partial charge in [-0.25, -0.2) is 14.8 Å². The van der Waals surface area contributed by atoms with Crippen molar-refractivity contribution in [1.82, 2.24) is 9.97 Å². The average molecular weight is 360 g/mol. The van der Waals surface area contributed by atoms with Crippen LogP contribution in [0.1, 0.15) is 36.3 Å². The highest BCUT2D eigenvalue weighted by Crippen LogP contribution is 2.29. The SMILES string of the molecule is CCOC(=O)c1c(C)nc(SC(CC)C(=O)O)nc1-c1ccccc1. The molecule has 0 spiro atoms. The lowest BCUT2D eigenvalue weighted by atomic mass is 10.0. The van der Waals surface area contributed by atoms with Gasteiger partial charge < -0.3 is 9.84 Å². The second-order valence-corrected chi connectivity index (χ2v) is 6.42. The standard InChI is InChI=1S/C18H20N2O4S/c1-4-13(16(21)22)25-18-19-11(3)14(17(23)24-5-2)15(20-18)12-9-7-6-8-10-12/h6-10,13H,4-5H2,1-3H3,(H,21,22). The number of aryl methyl sites for hydroxylation is 1. The smallest absolute Gasteiger partial charge is 0.342 e. The Labute approximate surface area is 150 Å². The van der Waals surface area contributed by atoms with Gasteiger partial charge in [-0.15, -0.1) is 0 Å². The number of carboxylic acids is 1. The molecule has 1 aromatic carbocycles. The Kier molecular flexibility index (Phi) is 6.52. The molecule has 0 amide bonds. The summed E-state index contributed by atoms with van der Waals surface area (Å²) in [5.74, 6) is -1.40. The van der Waals surface area contributed by atoms with Crippen LogP contribution >= 0.6 is 11.8 Å². The lowest BCUT2D eigenvalue weighted by Gasteiger charge is -2.14. The third-order valence-corrected chi connectivity index (χ3v) is 4.70. The van der Waals surface area contributed by atoms with Crippen molar-refractivity contribution in [3.63, 3.8) is 0 Å². The van der Waals surface area contributed by atoms with Gasteiger partial charge in [0.2, 0.25) is 0 Å². The number of aromatic nitrogens is 2. The summed E-state index contributed by atoms with van der Waals surface area (Å²) in [5, 5.41) is 8.94. The van der Waals surface area contributed by atoms with Gasteiger partial charge in [-0.2, -0.15) is 0 Å². The van der Waals surface area contributed by atoms with Crippen molar-refractivity contribution >= 4 is 23.7 Å². The lowest BCUT2D eigenvalue weighted by Crippen LogP contribution is -2.17. The van der Waals surface area contributed by atoms with Crippen LogP contribution in [0.2, 0.25) is 0 Å². The zero-order valence-corrected chi connectivity index (χ0v) is 15.2. The first kappa shape index (κ1) is 18.9. The molecule has 1 atom stereocenters. The van der Waals surface area contributed by atoms with E-state index in [0.717, 1.165) is 17.3 Å². The molecule has 0 aliphatic heterocycles. The summed E-state index contributed by atoms with van der Waals surface area (Å²) in [4.78, 5) is 32.4. The van der Waals surface area contributed by atoms with Crippen LogP contribution in [0.15, 0.2) is 35.5 Å². The van der Waals surface area contributed by atoms with Crippen LogP contribution in [0.4, 0.5) is 0 Å². The summed E-state index contributed by atoms with van der Waals surface area (Å²) in [5.41, 5.74) is 1.98. The van der Waals surface area contributed by atoms with Crippen molar-refractivity contribution in [3.8, 4) is 11.3 Å². The largest absolute Gasteiger partial charge is 0.480 e. The molecule has 0 aliphatic carbocycles. The van der Waals surface area contributed by atoms with Crippen LogP contribution in [0.5, 0.6) is 0 Å². The van der Waals surface area contributed by atoms with Crippen molar-refractivity contribution < 1.29 is 19.4 Å². The van der Waals surface area contributed by atoms with Gasteiger partial charge in [0.1, 0.15) is 10.8 Å². The van der Waals surface area contributed by atoms with Gasteiger partial charge in [-0.05, 0) is 20.3 Å². The molecule has 2 rings (SSSR count). The van der Waals surface area contributed by atoms with E-state index in [9.17, 15) is 14.7 Å². The van der Waals surface area contributed by atoms with Crippen molar-refractivity contribution in [2.45, 2.75) is 37.6 Å². The molecular weight excluding hydrogens is 340 g/mol. The highest BCUT2D eigenvalue weighted by atomic mass is 32.2. The van der Waals surface area contributed by atoms with E-state index in [-0.39, 0.29) is 6.61 Å². The van der Waals surface area contributed by atoms with E-state index in [1.54, 1.807) is 20.8 Å². The van der Waals surface area contributed by atoms with Crippen LogP contribution in [0.3, 0.4) is 0 Å². The van der Waals surface area contributed by atoms with Gasteiger partial charge in [0, 0.05) is 5.56 Å². The first-order valence-electron chi connectivity index (χ1n) is 7.98. The van der Waals surface area contributed by atoms with Crippen LogP contribution in [-0.2, 0) is 9.53 Å². The van der Waals surface area contributed by atoms with Crippen molar-refractivity contribution in [1.29, 1.82) is 0 Å².